The van der Waals surface area contributed by atoms with Crippen LogP contribution in [0.15, 0.2) is 54.6 Å². The number of fused-ring (bicyclic) bond motifs is 1. The van der Waals surface area contributed by atoms with Gasteiger partial charge in [-0.25, -0.2) is 4.79 Å². The van der Waals surface area contributed by atoms with Gasteiger partial charge in [0.05, 0.1) is 11.7 Å². The third-order valence-electron chi connectivity index (χ3n) is 6.97. The summed E-state index contributed by atoms with van der Waals surface area (Å²) in [5, 5.41) is 21.6. The van der Waals surface area contributed by atoms with E-state index in [1.807, 2.05) is 45.9 Å². The van der Waals surface area contributed by atoms with Crippen LogP contribution in [0.4, 0.5) is 0 Å². The average molecular weight is 449 g/mol. The molecule has 1 unspecified atom stereocenters. The molecule has 0 heterocycles. The molecule has 0 fully saturated rings. The van der Waals surface area contributed by atoms with E-state index in [1.165, 1.54) is 11.1 Å². The van der Waals surface area contributed by atoms with Crippen LogP contribution in [0.1, 0.15) is 74.5 Å². The predicted molar refractivity (Wildman–Crippen MR) is 134 cm³/mol. The predicted octanol–water partition coefficient (Wildman–Crippen LogP) is 6.74. The van der Waals surface area contributed by atoms with E-state index >= 15 is 0 Å². The van der Waals surface area contributed by atoms with E-state index in [2.05, 4.69) is 38.1 Å². The highest BCUT2D eigenvalue weighted by Gasteiger charge is 2.31. The molecule has 3 aromatic carbocycles. The molecule has 0 aliphatic heterocycles. The van der Waals surface area contributed by atoms with Crippen LogP contribution in [0.25, 0.3) is 10.8 Å². The zero-order valence-corrected chi connectivity index (χ0v) is 20.6. The van der Waals surface area contributed by atoms with Crippen molar-refractivity contribution in [1.82, 2.24) is 0 Å². The fraction of sp³-hybridized carbons (Fsp3) is 0.414. The Morgan fingerprint density at radius 1 is 0.909 bits per heavy atom. The molecule has 176 valence electrons. The van der Waals surface area contributed by atoms with Crippen molar-refractivity contribution in [3.63, 3.8) is 0 Å². The second-order valence-electron chi connectivity index (χ2n) is 10.0. The van der Waals surface area contributed by atoms with E-state index in [-0.39, 0.29) is 17.4 Å². The van der Waals surface area contributed by atoms with Crippen LogP contribution in [-0.4, -0.2) is 28.9 Å². The molecule has 4 nitrogen and oxygen atoms in total. The Morgan fingerprint density at radius 2 is 1.48 bits per heavy atom. The number of ether oxygens (including phenoxy) is 1. The van der Waals surface area contributed by atoms with Crippen molar-refractivity contribution in [3.05, 3.63) is 76.9 Å². The Kier molecular flexibility index (Phi) is 7.18. The summed E-state index contributed by atoms with van der Waals surface area (Å²) in [6.07, 6.45) is 1.33. The first-order valence-electron chi connectivity index (χ1n) is 11.7. The van der Waals surface area contributed by atoms with E-state index < -0.39 is 12.1 Å². The normalized spacial score (nSPS) is 13.2. The molecule has 0 saturated carbocycles. The first-order valence-corrected chi connectivity index (χ1v) is 11.7. The second kappa shape index (κ2) is 9.56. The summed E-state index contributed by atoms with van der Waals surface area (Å²) in [4.78, 5) is 11.3. The molecule has 1 atom stereocenters. The maximum atomic E-state index is 11.3. The van der Waals surface area contributed by atoms with Gasteiger partial charge in [-0.1, -0.05) is 71.0 Å². The topological polar surface area (TPSA) is 66.8 Å². The number of carboxylic acid groups (broad SMARTS) is 1. The Bertz CT molecular complexity index is 1140. The van der Waals surface area contributed by atoms with Crippen molar-refractivity contribution >= 4 is 16.7 Å². The fourth-order valence-corrected chi connectivity index (χ4v) is 4.44. The van der Waals surface area contributed by atoms with Crippen LogP contribution < -0.4 is 4.74 Å². The lowest BCUT2D eigenvalue weighted by Crippen LogP contribution is -2.32. The summed E-state index contributed by atoms with van der Waals surface area (Å²) >= 11 is 0. The van der Waals surface area contributed by atoms with Gasteiger partial charge in [0, 0.05) is 5.41 Å². The zero-order chi connectivity index (χ0) is 24.4. The molecule has 0 saturated heterocycles. The third-order valence-corrected chi connectivity index (χ3v) is 6.97. The lowest BCUT2D eigenvalue weighted by Gasteiger charge is -2.34. The number of aliphatic hydroxyl groups is 1. The van der Waals surface area contributed by atoms with Crippen molar-refractivity contribution in [3.8, 4) is 5.75 Å². The molecule has 0 aliphatic carbocycles. The van der Waals surface area contributed by atoms with Gasteiger partial charge in [-0.05, 0) is 70.8 Å². The second-order valence-corrected chi connectivity index (χ2v) is 10.0. The highest BCUT2D eigenvalue weighted by atomic mass is 16.5. The molecule has 0 aromatic heterocycles. The maximum absolute atomic E-state index is 11.3. The van der Waals surface area contributed by atoms with Gasteiger partial charge in [0.1, 0.15) is 12.4 Å². The van der Waals surface area contributed by atoms with Crippen molar-refractivity contribution in [1.29, 1.82) is 0 Å². The molecule has 0 radical (unpaired) electrons. The minimum atomic E-state index is -0.912. The summed E-state index contributed by atoms with van der Waals surface area (Å²) in [5.41, 5.74) is 3.42. The van der Waals surface area contributed by atoms with Crippen molar-refractivity contribution < 1.29 is 19.7 Å². The Labute approximate surface area is 197 Å². The van der Waals surface area contributed by atoms with Gasteiger partial charge in [-0.2, -0.15) is 0 Å². The summed E-state index contributed by atoms with van der Waals surface area (Å²) in [7, 11) is 0. The molecular weight excluding hydrogens is 412 g/mol. The van der Waals surface area contributed by atoms with Crippen LogP contribution >= 0.6 is 0 Å². The number of rotatable bonds is 8. The number of aliphatic hydroxyl groups excluding tert-OH is 1. The zero-order valence-electron chi connectivity index (χ0n) is 20.6. The largest absolute Gasteiger partial charge is 0.491 e. The summed E-state index contributed by atoms with van der Waals surface area (Å²) in [5.74, 6) is -0.117. The minimum Gasteiger partial charge on any atom is -0.491 e. The number of benzene rings is 3. The Morgan fingerprint density at radius 3 is 2.06 bits per heavy atom. The number of aromatic carboxylic acids is 1. The smallest absolute Gasteiger partial charge is 0.335 e. The molecule has 0 aliphatic rings. The molecular formula is C29H36O4. The molecule has 0 bridgehead atoms. The summed E-state index contributed by atoms with van der Waals surface area (Å²) in [6, 6.07) is 18.0. The minimum absolute atomic E-state index is 0.159. The number of carboxylic acids is 1. The Hall–Kier alpha value is -2.85. The number of hydrogen-bond donors (Lipinski definition) is 2. The van der Waals surface area contributed by atoms with Crippen molar-refractivity contribution in [2.45, 2.75) is 65.9 Å². The first-order chi connectivity index (χ1) is 15.5. The molecule has 4 heteroatoms. The average Bonchev–Trinajstić information content (AvgIpc) is 2.78. The van der Waals surface area contributed by atoms with Crippen LogP contribution in [0.5, 0.6) is 5.75 Å². The van der Waals surface area contributed by atoms with Gasteiger partial charge < -0.3 is 14.9 Å². The van der Waals surface area contributed by atoms with E-state index in [9.17, 15) is 15.0 Å². The molecule has 0 amide bonds. The van der Waals surface area contributed by atoms with Crippen molar-refractivity contribution in [2.24, 2.45) is 5.41 Å². The molecule has 33 heavy (non-hydrogen) atoms. The lowest BCUT2D eigenvalue weighted by atomic mass is 9.70. The summed E-state index contributed by atoms with van der Waals surface area (Å²) < 4.78 is 5.96. The fourth-order valence-electron chi connectivity index (χ4n) is 4.44. The van der Waals surface area contributed by atoms with Gasteiger partial charge in [0.2, 0.25) is 0 Å². The van der Waals surface area contributed by atoms with E-state index in [4.69, 9.17) is 4.74 Å². The highest BCUT2D eigenvalue weighted by molar-refractivity contribution is 5.94. The van der Waals surface area contributed by atoms with Crippen molar-refractivity contribution in [2.75, 3.05) is 6.61 Å². The van der Waals surface area contributed by atoms with Crippen LogP contribution in [0.2, 0.25) is 0 Å². The maximum Gasteiger partial charge on any atom is 0.335 e. The Balaban J connectivity index is 1.96. The lowest BCUT2D eigenvalue weighted by molar-refractivity contribution is 0.0216. The highest BCUT2D eigenvalue weighted by Crippen LogP contribution is 2.41. The van der Waals surface area contributed by atoms with E-state index in [0.717, 1.165) is 34.9 Å². The standard InChI is InChI=1S/C29H36O4/c1-7-29(8-2,24-12-11-20-16-22(27(31)32)10-9-21(20)17-24)23-13-14-25(19(3)15-23)33-18-26(30)28(4,5)6/h9-17,26,30H,7-8,18H2,1-6H3,(H,31,32). The number of hydrogen-bond acceptors (Lipinski definition) is 3. The van der Waals surface area contributed by atoms with Gasteiger partial charge in [0.15, 0.2) is 0 Å². The molecule has 3 rings (SSSR count). The third kappa shape index (κ3) is 5.06. The number of carbonyl (C=O) groups is 1. The van der Waals surface area contributed by atoms with Crippen LogP contribution in [0.3, 0.4) is 0 Å². The molecule has 3 aromatic rings. The van der Waals surface area contributed by atoms with Crippen LogP contribution in [0, 0.1) is 12.3 Å². The van der Waals surface area contributed by atoms with E-state index in [1.54, 1.807) is 12.1 Å². The van der Waals surface area contributed by atoms with Gasteiger partial charge in [-0.3, -0.25) is 0 Å². The SMILES string of the molecule is CCC(CC)(c1ccc(OCC(O)C(C)(C)C)c(C)c1)c1ccc2cc(C(=O)O)ccc2c1. The molecule has 2 N–H and O–H groups in total. The monoisotopic (exact) mass is 448 g/mol. The quantitative estimate of drug-likeness (QED) is 0.400. The van der Waals surface area contributed by atoms with Gasteiger partial charge in [-0.15, -0.1) is 0 Å². The van der Waals surface area contributed by atoms with Crippen LogP contribution in [-0.2, 0) is 5.41 Å². The van der Waals surface area contributed by atoms with Gasteiger partial charge >= 0.3 is 5.97 Å². The first kappa shape index (κ1) is 24.8. The number of aryl methyl sites for hydroxylation is 1. The molecule has 0 spiro atoms. The van der Waals surface area contributed by atoms with Gasteiger partial charge in [0.25, 0.3) is 0 Å². The summed E-state index contributed by atoms with van der Waals surface area (Å²) in [6.45, 7) is 12.7. The van der Waals surface area contributed by atoms with E-state index in [0.29, 0.717) is 5.56 Å².